The molecule has 2 aromatic carbocycles. The monoisotopic (exact) mass is 551 g/mol. The summed E-state index contributed by atoms with van der Waals surface area (Å²) in [7, 11) is 3.15. The number of benzene rings is 2. The van der Waals surface area contributed by atoms with Crippen LogP contribution in [0.3, 0.4) is 0 Å². The van der Waals surface area contributed by atoms with Crippen molar-refractivity contribution >= 4 is 34.7 Å². The maximum Gasteiger partial charge on any atom is 0.237 e. The smallest absolute Gasteiger partial charge is 0.237 e. The average Bonchev–Trinajstić information content (AvgIpc) is 3.67. The van der Waals surface area contributed by atoms with Crippen LogP contribution in [0.2, 0.25) is 5.02 Å². The highest BCUT2D eigenvalue weighted by Gasteiger charge is 2.40. The fourth-order valence-electron chi connectivity index (χ4n) is 4.77. The standard InChI is InChI=1S/C29H27ClFN3O5/c1-37-26-13-22-24(14-27(26)38-2)32-7-6-25(22)39-29-23(30)10-17(15-33-29)21-9-16(21)8-20(35)12-28(36)34-19-5-3-4-18(31)11-19/h3-5,10-11,13-16,21H,6-9,12H2,1-2H3,(H,34,36)/t16-,21?/m0/s1. The van der Waals surface area contributed by atoms with Crippen LogP contribution >= 0.6 is 11.6 Å². The first-order chi connectivity index (χ1) is 18.8. The Bertz CT molecular complexity index is 1560. The fourth-order valence-corrected chi connectivity index (χ4v) is 4.99. The Hall–Kier alpha value is -3.98. The minimum Gasteiger partial charge on any atom is -0.493 e. The number of hydrogen-bond acceptors (Lipinski definition) is 7. The van der Waals surface area contributed by atoms with Crippen LogP contribution in [-0.4, -0.2) is 37.4 Å². The summed E-state index contributed by atoms with van der Waals surface area (Å²) in [6.07, 6.45) is 3.14. The molecule has 1 saturated carbocycles. The van der Waals surface area contributed by atoms with E-state index in [-0.39, 0.29) is 30.5 Å². The molecule has 2 aliphatic rings. The summed E-state index contributed by atoms with van der Waals surface area (Å²) in [4.78, 5) is 33.6. The lowest BCUT2D eigenvalue weighted by molar-refractivity contribution is -0.125. The van der Waals surface area contributed by atoms with Crippen molar-refractivity contribution in [2.75, 3.05) is 26.1 Å². The number of anilines is 1. The van der Waals surface area contributed by atoms with Gasteiger partial charge in [0, 0.05) is 42.6 Å². The molecule has 39 heavy (non-hydrogen) atoms. The van der Waals surface area contributed by atoms with Crippen LogP contribution in [0.25, 0.3) is 5.76 Å². The second kappa shape index (κ2) is 11.4. The van der Waals surface area contributed by atoms with E-state index in [9.17, 15) is 14.0 Å². The highest BCUT2D eigenvalue weighted by molar-refractivity contribution is 6.31. The first-order valence-electron chi connectivity index (χ1n) is 12.5. The van der Waals surface area contributed by atoms with Gasteiger partial charge in [0.25, 0.3) is 0 Å². The van der Waals surface area contributed by atoms with Crippen LogP contribution < -0.4 is 30.1 Å². The lowest BCUT2D eigenvalue weighted by Gasteiger charge is -2.15. The zero-order chi connectivity index (χ0) is 27.5. The van der Waals surface area contributed by atoms with E-state index in [4.69, 9.17) is 25.8 Å². The highest BCUT2D eigenvalue weighted by atomic mass is 35.5. The number of pyridine rings is 1. The third-order valence-corrected chi connectivity index (χ3v) is 7.05. The van der Waals surface area contributed by atoms with Gasteiger partial charge in [0.15, 0.2) is 11.5 Å². The molecule has 0 radical (unpaired) electrons. The van der Waals surface area contributed by atoms with Crippen LogP contribution in [0.1, 0.15) is 37.2 Å². The molecule has 1 aromatic heterocycles. The summed E-state index contributed by atoms with van der Waals surface area (Å²) in [5, 5.41) is 4.47. The normalized spacial score (nSPS) is 17.5. The van der Waals surface area contributed by atoms with Crippen LogP contribution in [0, 0.1) is 11.7 Å². The molecule has 1 fully saturated rings. The van der Waals surface area contributed by atoms with Gasteiger partial charge in [-0.2, -0.15) is 0 Å². The molecule has 1 aliphatic heterocycles. The van der Waals surface area contributed by atoms with Crippen molar-refractivity contribution in [3.05, 3.63) is 75.6 Å². The van der Waals surface area contributed by atoms with Crippen LogP contribution in [-0.2, 0) is 9.59 Å². The Morgan fingerprint density at radius 2 is 1.92 bits per heavy atom. The Balaban J connectivity index is 1.21. The molecule has 10 heteroatoms. The first kappa shape index (κ1) is 26.6. The summed E-state index contributed by atoms with van der Waals surface area (Å²) in [6.45, 7) is 0.561. The van der Waals surface area contributed by atoms with E-state index in [0.717, 1.165) is 22.6 Å². The second-order valence-corrected chi connectivity index (χ2v) is 9.92. The van der Waals surface area contributed by atoms with E-state index in [1.807, 2.05) is 18.2 Å². The largest absolute Gasteiger partial charge is 0.493 e. The second-order valence-electron chi connectivity index (χ2n) is 9.52. The molecule has 1 N–H and O–H groups in total. The number of amides is 1. The maximum absolute atomic E-state index is 13.3. The van der Waals surface area contributed by atoms with Crippen molar-refractivity contribution in [1.29, 1.82) is 0 Å². The quantitative estimate of drug-likeness (QED) is 0.379. The summed E-state index contributed by atoms with van der Waals surface area (Å²) >= 11 is 6.55. The molecule has 3 aromatic rings. The number of fused-ring (bicyclic) bond motifs is 1. The summed E-state index contributed by atoms with van der Waals surface area (Å²) in [5.41, 5.74) is 1.24. The van der Waals surface area contributed by atoms with Crippen LogP contribution in [0.4, 0.5) is 10.1 Å². The van der Waals surface area contributed by atoms with E-state index in [1.165, 1.54) is 18.2 Å². The van der Waals surface area contributed by atoms with Crippen LogP contribution in [0.5, 0.6) is 17.4 Å². The number of ketones is 1. The zero-order valence-corrected chi connectivity index (χ0v) is 22.3. The van der Waals surface area contributed by atoms with Crippen molar-refractivity contribution < 1.29 is 28.2 Å². The van der Waals surface area contributed by atoms with E-state index >= 15 is 0 Å². The molecule has 0 bridgehead atoms. The van der Waals surface area contributed by atoms with Crippen molar-refractivity contribution in [2.45, 2.75) is 31.6 Å². The molecule has 5 rings (SSSR count). The predicted octanol–water partition coefficient (Wildman–Crippen LogP) is 4.19. The maximum atomic E-state index is 13.3. The third kappa shape index (κ3) is 6.20. The molecular formula is C29H27ClFN3O5. The van der Waals surface area contributed by atoms with Crippen molar-refractivity contribution in [3.63, 3.8) is 0 Å². The summed E-state index contributed by atoms with van der Waals surface area (Å²) in [6, 6.07) is 11.0. The Labute approximate surface area is 229 Å². The van der Waals surface area contributed by atoms with Gasteiger partial charge in [-0.05, 0) is 54.2 Å². The molecule has 0 saturated heterocycles. The number of ether oxygens (including phenoxy) is 3. The van der Waals surface area contributed by atoms with E-state index in [2.05, 4.69) is 15.3 Å². The number of aromatic nitrogens is 1. The molecule has 0 spiro atoms. The van der Waals surface area contributed by atoms with Crippen molar-refractivity contribution in [3.8, 4) is 17.4 Å². The number of rotatable bonds is 10. The van der Waals surface area contributed by atoms with Crippen molar-refractivity contribution in [2.24, 2.45) is 10.9 Å². The first-order valence-corrected chi connectivity index (χ1v) is 12.9. The molecule has 1 amide bonds. The minimum absolute atomic E-state index is 0.118. The molecule has 1 unspecified atom stereocenters. The van der Waals surface area contributed by atoms with Gasteiger partial charge in [-0.15, -0.1) is 0 Å². The van der Waals surface area contributed by atoms with E-state index < -0.39 is 11.7 Å². The number of nitrogens with zero attached hydrogens (tertiary/aromatic N) is 2. The molecule has 2 atom stereocenters. The topological polar surface area (TPSA) is 99.1 Å². The fraction of sp³-hybridized carbons (Fsp3) is 0.310. The van der Waals surface area contributed by atoms with Gasteiger partial charge in [0.1, 0.15) is 22.4 Å². The number of halogens is 2. The molecular weight excluding hydrogens is 525 g/mol. The summed E-state index contributed by atoms with van der Waals surface area (Å²) < 4.78 is 30.2. The minimum atomic E-state index is -0.459. The van der Waals surface area contributed by atoms with E-state index in [0.29, 0.717) is 46.8 Å². The molecule has 1 aliphatic carbocycles. The average molecular weight is 552 g/mol. The van der Waals surface area contributed by atoms with Gasteiger partial charge in [-0.25, -0.2) is 9.37 Å². The molecule has 2 heterocycles. The number of hydrogen-bond donors (Lipinski definition) is 1. The summed E-state index contributed by atoms with van der Waals surface area (Å²) in [5.74, 6) is 1.32. The lowest BCUT2D eigenvalue weighted by atomic mass is 10.1. The van der Waals surface area contributed by atoms with Crippen LogP contribution in [0.15, 0.2) is 53.7 Å². The van der Waals surface area contributed by atoms with E-state index in [1.54, 1.807) is 26.5 Å². The van der Waals surface area contributed by atoms with Gasteiger partial charge in [-0.3, -0.25) is 14.6 Å². The number of nitrogens with one attached hydrogen (secondary N) is 1. The number of methoxy groups -OCH3 is 2. The SMILES string of the molecule is COc1cc2c(cc1OC)=C(Oc1ncc(C3C[C@@H]3CC(=O)CC(=O)Nc3cccc(F)c3)cc1Cl)CCN=2. The third-order valence-electron chi connectivity index (χ3n) is 6.78. The van der Waals surface area contributed by atoms with Gasteiger partial charge >= 0.3 is 0 Å². The number of carbonyl (C=O) groups excluding carboxylic acids is 2. The predicted molar refractivity (Wildman–Crippen MR) is 143 cm³/mol. The molecule has 8 nitrogen and oxygen atoms in total. The zero-order valence-electron chi connectivity index (χ0n) is 21.5. The van der Waals surface area contributed by atoms with Gasteiger partial charge in [-0.1, -0.05) is 17.7 Å². The highest BCUT2D eigenvalue weighted by Crippen LogP contribution is 2.50. The Morgan fingerprint density at radius 3 is 2.67 bits per heavy atom. The Kier molecular flexibility index (Phi) is 7.79. The van der Waals surface area contributed by atoms with Gasteiger partial charge in [0.2, 0.25) is 11.8 Å². The Morgan fingerprint density at radius 1 is 1.13 bits per heavy atom. The number of Topliss-reactive ketones (excluding diaryl/α,β-unsaturated/α-hetero) is 1. The molecule has 202 valence electrons. The van der Waals surface area contributed by atoms with Gasteiger partial charge < -0.3 is 19.5 Å². The van der Waals surface area contributed by atoms with Crippen molar-refractivity contribution in [1.82, 2.24) is 4.98 Å². The lowest BCUT2D eigenvalue weighted by Crippen LogP contribution is -2.33. The number of carbonyl (C=O) groups is 2. The van der Waals surface area contributed by atoms with Gasteiger partial charge in [0.05, 0.1) is 26.0 Å².